The summed E-state index contributed by atoms with van der Waals surface area (Å²) in [5.74, 6) is -0.502. The fraction of sp³-hybridized carbons (Fsp3) is 0.833. The van der Waals surface area contributed by atoms with E-state index in [1.807, 2.05) is 0 Å². The molecule has 0 aromatic carbocycles. The maximum Gasteiger partial charge on any atom is 0.243 e. The first-order valence-corrected chi connectivity index (χ1v) is 6.32. The lowest BCUT2D eigenvalue weighted by molar-refractivity contribution is -0.133. The molecule has 1 aliphatic rings. The average Bonchev–Trinajstić information content (AvgIpc) is 1.95. The number of β-lactam (4-membered cyclic amide) rings is 1. The van der Waals surface area contributed by atoms with Crippen molar-refractivity contribution in [2.24, 2.45) is 0 Å². The highest BCUT2D eigenvalue weighted by molar-refractivity contribution is 9.10. The van der Waals surface area contributed by atoms with Gasteiger partial charge in [-0.15, -0.1) is 0 Å². The molecule has 76 valence electrons. The molecular formula is C6H10BrNO4S. The Hall–Kier alpha value is -0.140. The molecule has 1 heterocycles. The normalized spacial score (nSPS) is 36.3. The third kappa shape index (κ3) is 1.49. The molecular weight excluding hydrogens is 262 g/mol. The quantitative estimate of drug-likeness (QED) is 0.499. The number of alkyl halides is 1. The predicted molar refractivity (Wildman–Crippen MR) is 50.1 cm³/mol. The first-order valence-electron chi connectivity index (χ1n) is 3.57. The number of sulfone groups is 1. The summed E-state index contributed by atoms with van der Waals surface area (Å²) < 4.78 is 20.9. The number of halogens is 1. The van der Waals surface area contributed by atoms with E-state index in [1.54, 1.807) is 0 Å². The summed E-state index contributed by atoms with van der Waals surface area (Å²) in [6.45, 7) is 1.37. The minimum absolute atomic E-state index is 0.502. The van der Waals surface area contributed by atoms with Crippen molar-refractivity contribution in [3.63, 3.8) is 0 Å². The van der Waals surface area contributed by atoms with Gasteiger partial charge in [0.15, 0.2) is 19.5 Å². The molecule has 5 nitrogen and oxygen atoms in total. The average molecular weight is 272 g/mol. The molecule has 0 radical (unpaired) electrons. The molecule has 2 unspecified atom stereocenters. The number of aliphatic hydroxyl groups is 1. The van der Waals surface area contributed by atoms with Crippen LogP contribution in [0, 0.1) is 0 Å². The van der Waals surface area contributed by atoms with Gasteiger partial charge in [-0.2, -0.15) is 0 Å². The minimum Gasteiger partial charge on any atom is -0.391 e. The second-order valence-electron chi connectivity index (χ2n) is 3.13. The third-order valence-corrected chi connectivity index (χ3v) is 5.16. The first kappa shape index (κ1) is 10.9. The van der Waals surface area contributed by atoms with Gasteiger partial charge in [0.1, 0.15) is 0 Å². The summed E-state index contributed by atoms with van der Waals surface area (Å²) in [5.41, 5.74) is 0. The highest BCUT2D eigenvalue weighted by Gasteiger charge is 2.61. The lowest BCUT2D eigenvalue weighted by Gasteiger charge is -2.44. The number of aliphatic hydroxyl groups excluding tert-OH is 1. The van der Waals surface area contributed by atoms with Gasteiger partial charge in [-0.05, 0) is 6.92 Å². The molecule has 2 N–H and O–H groups in total. The molecule has 0 saturated carbocycles. The van der Waals surface area contributed by atoms with Crippen molar-refractivity contribution in [1.29, 1.82) is 0 Å². The molecule has 1 saturated heterocycles. The van der Waals surface area contributed by atoms with Crippen LogP contribution < -0.4 is 5.32 Å². The second-order valence-corrected chi connectivity index (χ2v) is 6.57. The molecule has 1 aliphatic heterocycles. The molecule has 13 heavy (non-hydrogen) atoms. The zero-order chi connectivity index (χ0) is 10.4. The van der Waals surface area contributed by atoms with Gasteiger partial charge in [-0.3, -0.25) is 4.79 Å². The van der Waals surface area contributed by atoms with Crippen molar-refractivity contribution < 1.29 is 18.3 Å². The Balaban J connectivity index is 3.03. The Bertz CT molecular complexity index is 339. The molecule has 0 aromatic heterocycles. The first-order chi connectivity index (χ1) is 5.70. The van der Waals surface area contributed by atoms with Crippen LogP contribution in [-0.2, 0) is 14.6 Å². The van der Waals surface area contributed by atoms with Gasteiger partial charge >= 0.3 is 0 Å². The minimum atomic E-state index is -3.39. The van der Waals surface area contributed by atoms with Gasteiger partial charge in [-0.25, -0.2) is 8.42 Å². The van der Waals surface area contributed by atoms with E-state index in [0.717, 1.165) is 6.26 Å². The van der Waals surface area contributed by atoms with E-state index in [9.17, 15) is 18.3 Å². The number of hydrogen-bond acceptors (Lipinski definition) is 4. The van der Waals surface area contributed by atoms with Crippen molar-refractivity contribution in [3.05, 3.63) is 0 Å². The number of rotatable bonds is 2. The van der Waals surface area contributed by atoms with Gasteiger partial charge in [-0.1, -0.05) is 15.9 Å². The smallest absolute Gasteiger partial charge is 0.243 e. The molecule has 0 aliphatic carbocycles. The largest absolute Gasteiger partial charge is 0.391 e. The number of nitrogens with one attached hydrogen (secondary N) is 1. The molecule has 3 atom stereocenters. The topological polar surface area (TPSA) is 83.5 Å². The van der Waals surface area contributed by atoms with Crippen LogP contribution in [0.3, 0.4) is 0 Å². The SMILES string of the molecule is C[C@@H](O)C1(Br)C(=O)NC1S(C)(=O)=O. The Morgan fingerprint density at radius 1 is 1.69 bits per heavy atom. The summed E-state index contributed by atoms with van der Waals surface area (Å²) >= 11 is 2.96. The van der Waals surface area contributed by atoms with Crippen LogP contribution >= 0.6 is 15.9 Å². The summed E-state index contributed by atoms with van der Waals surface area (Å²) in [6, 6.07) is 0. The van der Waals surface area contributed by atoms with Gasteiger partial charge in [0, 0.05) is 6.26 Å². The van der Waals surface area contributed by atoms with Crippen LogP contribution in [0.15, 0.2) is 0 Å². The Morgan fingerprint density at radius 3 is 2.31 bits per heavy atom. The Labute approximate surface area is 84.6 Å². The molecule has 0 aromatic rings. The van der Waals surface area contributed by atoms with E-state index in [0.29, 0.717) is 0 Å². The molecule has 1 amide bonds. The number of carbonyl (C=O) groups excluding carboxylic acids is 1. The summed E-state index contributed by atoms with van der Waals surface area (Å²) in [7, 11) is -3.39. The number of hydrogen-bond donors (Lipinski definition) is 2. The summed E-state index contributed by atoms with van der Waals surface area (Å²) in [4.78, 5) is 11.1. The van der Waals surface area contributed by atoms with E-state index in [2.05, 4.69) is 21.2 Å². The van der Waals surface area contributed by atoms with Crippen molar-refractivity contribution >= 4 is 31.7 Å². The Morgan fingerprint density at radius 2 is 2.15 bits per heavy atom. The zero-order valence-electron chi connectivity index (χ0n) is 7.11. The predicted octanol–water partition coefficient (Wildman–Crippen LogP) is -0.999. The molecule has 7 heteroatoms. The van der Waals surface area contributed by atoms with Gasteiger partial charge < -0.3 is 10.4 Å². The van der Waals surface area contributed by atoms with Crippen LogP contribution in [0.1, 0.15) is 6.92 Å². The van der Waals surface area contributed by atoms with Crippen LogP contribution in [0.2, 0.25) is 0 Å². The van der Waals surface area contributed by atoms with E-state index in [-0.39, 0.29) is 0 Å². The third-order valence-electron chi connectivity index (χ3n) is 2.03. The van der Waals surface area contributed by atoms with Crippen molar-refractivity contribution in [2.75, 3.05) is 6.26 Å². The molecule has 1 fully saturated rings. The van der Waals surface area contributed by atoms with Crippen LogP contribution in [0.25, 0.3) is 0 Å². The Kier molecular flexibility index (Phi) is 2.46. The second kappa shape index (κ2) is 2.93. The van der Waals surface area contributed by atoms with Gasteiger partial charge in [0.05, 0.1) is 6.10 Å². The zero-order valence-corrected chi connectivity index (χ0v) is 9.52. The van der Waals surface area contributed by atoms with Gasteiger partial charge in [0.2, 0.25) is 5.91 Å². The molecule has 0 spiro atoms. The maximum atomic E-state index is 11.1. The lowest BCUT2D eigenvalue weighted by Crippen LogP contribution is -2.75. The van der Waals surface area contributed by atoms with Crippen molar-refractivity contribution in [3.8, 4) is 0 Å². The van der Waals surface area contributed by atoms with Crippen molar-refractivity contribution in [1.82, 2.24) is 5.32 Å². The van der Waals surface area contributed by atoms with E-state index < -0.39 is 31.5 Å². The van der Waals surface area contributed by atoms with Crippen LogP contribution in [0.4, 0.5) is 0 Å². The fourth-order valence-corrected chi connectivity index (χ4v) is 3.70. The maximum absolute atomic E-state index is 11.1. The van der Waals surface area contributed by atoms with E-state index in [1.165, 1.54) is 6.92 Å². The lowest BCUT2D eigenvalue weighted by atomic mass is 9.95. The number of amides is 1. The van der Waals surface area contributed by atoms with E-state index in [4.69, 9.17) is 0 Å². The van der Waals surface area contributed by atoms with Gasteiger partial charge in [0.25, 0.3) is 0 Å². The highest BCUT2D eigenvalue weighted by Crippen LogP contribution is 2.36. The fourth-order valence-electron chi connectivity index (χ4n) is 1.20. The summed E-state index contributed by atoms with van der Waals surface area (Å²) in [6.07, 6.45) is -0.0452. The highest BCUT2D eigenvalue weighted by atomic mass is 79.9. The molecule has 0 bridgehead atoms. The van der Waals surface area contributed by atoms with Crippen molar-refractivity contribution in [2.45, 2.75) is 22.7 Å². The number of carbonyl (C=O) groups is 1. The van der Waals surface area contributed by atoms with E-state index >= 15 is 0 Å². The monoisotopic (exact) mass is 271 g/mol. The summed E-state index contributed by atoms with van der Waals surface area (Å²) in [5, 5.41) is 10.4. The molecule has 1 rings (SSSR count). The van der Waals surface area contributed by atoms with Crippen LogP contribution in [0.5, 0.6) is 0 Å². The van der Waals surface area contributed by atoms with Crippen LogP contribution in [-0.4, -0.2) is 41.5 Å². The standard InChI is InChI=1S/C6H10BrNO4S/c1-3(9)6(7)4(10)8-5(6)13(2,11)12/h3,5,9H,1-2H3,(H,8,10)/t3-,5?,6?/m1/s1.